The second-order valence-corrected chi connectivity index (χ2v) is 8.10. The normalized spacial score (nSPS) is 18.9. The predicted molar refractivity (Wildman–Crippen MR) is 117 cm³/mol. The Bertz CT molecular complexity index is 1230. The molecule has 7 nitrogen and oxygen atoms in total. The number of fused-ring (bicyclic) bond motifs is 2. The summed E-state index contributed by atoms with van der Waals surface area (Å²) in [5.74, 6) is 2.22. The monoisotopic (exact) mass is 423 g/mol. The van der Waals surface area contributed by atoms with Crippen molar-refractivity contribution in [3.05, 3.63) is 47.9 Å². The minimum atomic E-state index is 0.333. The Morgan fingerprint density at radius 1 is 1.20 bits per heavy atom. The lowest BCUT2D eigenvalue weighted by molar-refractivity contribution is 0.248. The number of nitrogens with zero attached hydrogens (tertiary/aromatic N) is 4. The summed E-state index contributed by atoms with van der Waals surface area (Å²) in [5.41, 5.74) is 7.53. The first-order chi connectivity index (χ1) is 14.6. The molecule has 3 aromatic heterocycles. The lowest BCUT2D eigenvalue weighted by Gasteiger charge is -2.15. The van der Waals surface area contributed by atoms with Crippen molar-refractivity contribution in [3.63, 3.8) is 0 Å². The highest BCUT2D eigenvalue weighted by Gasteiger charge is 2.28. The molecule has 3 heterocycles. The summed E-state index contributed by atoms with van der Waals surface area (Å²) in [5, 5.41) is 2.36. The minimum Gasteiger partial charge on any atom is -0.493 e. The zero-order valence-electron chi connectivity index (χ0n) is 16.6. The average Bonchev–Trinajstić information content (AvgIpc) is 3.39. The molecule has 0 radical (unpaired) electrons. The zero-order chi connectivity index (χ0) is 20.7. The molecule has 0 aliphatic heterocycles. The number of methoxy groups -OCH3 is 1. The van der Waals surface area contributed by atoms with Crippen molar-refractivity contribution in [1.82, 2.24) is 19.5 Å². The molecule has 1 fully saturated rings. The number of hydrogen-bond acceptors (Lipinski definition) is 6. The number of anilines is 1. The fraction of sp³-hybridized carbons (Fsp3) is 0.318. The molecular weight excluding hydrogens is 402 g/mol. The summed E-state index contributed by atoms with van der Waals surface area (Å²) >= 11 is 6.05. The number of halogens is 1. The Hall–Kier alpha value is -3.06. The molecule has 1 aromatic carbocycles. The molecule has 1 aliphatic rings. The van der Waals surface area contributed by atoms with Crippen molar-refractivity contribution >= 4 is 39.4 Å². The van der Waals surface area contributed by atoms with Crippen molar-refractivity contribution in [2.75, 3.05) is 19.5 Å². The van der Waals surface area contributed by atoms with Crippen LogP contribution in [-0.2, 0) is 0 Å². The lowest BCUT2D eigenvalue weighted by Crippen LogP contribution is -2.10. The van der Waals surface area contributed by atoms with E-state index < -0.39 is 0 Å². The van der Waals surface area contributed by atoms with Crippen LogP contribution in [0.5, 0.6) is 11.6 Å². The van der Waals surface area contributed by atoms with Gasteiger partial charge in [0.05, 0.1) is 29.6 Å². The van der Waals surface area contributed by atoms with Crippen LogP contribution in [-0.4, -0.2) is 33.2 Å². The van der Waals surface area contributed by atoms with Crippen LogP contribution in [0.2, 0.25) is 5.02 Å². The van der Waals surface area contributed by atoms with Gasteiger partial charge >= 0.3 is 0 Å². The Morgan fingerprint density at radius 2 is 2.10 bits per heavy atom. The maximum absolute atomic E-state index is 6.09. The smallest absolute Gasteiger partial charge is 0.225 e. The SMILES string of the molecule is COc1ncnc2c1ccn2[C@H]1CC[C@@H](COc2ccc3cc(Cl)c(N)nc3c2)C1. The molecule has 30 heavy (non-hydrogen) atoms. The number of aromatic nitrogens is 4. The summed E-state index contributed by atoms with van der Waals surface area (Å²) < 4.78 is 13.7. The third-order valence-electron chi connectivity index (χ3n) is 5.83. The van der Waals surface area contributed by atoms with Gasteiger partial charge in [-0.2, -0.15) is 0 Å². The van der Waals surface area contributed by atoms with Crippen LogP contribution in [0.4, 0.5) is 5.82 Å². The number of nitrogens with two attached hydrogens (primary N) is 1. The van der Waals surface area contributed by atoms with E-state index in [0.717, 1.165) is 46.9 Å². The van der Waals surface area contributed by atoms with E-state index in [1.807, 2.05) is 30.3 Å². The number of benzene rings is 1. The topological polar surface area (TPSA) is 88.1 Å². The van der Waals surface area contributed by atoms with Crippen LogP contribution in [0.1, 0.15) is 25.3 Å². The van der Waals surface area contributed by atoms with E-state index in [1.54, 1.807) is 13.4 Å². The molecule has 1 aliphatic carbocycles. The van der Waals surface area contributed by atoms with Crippen LogP contribution in [0.3, 0.4) is 0 Å². The number of pyridine rings is 1. The molecule has 2 atom stereocenters. The first-order valence-electron chi connectivity index (χ1n) is 9.96. The summed E-state index contributed by atoms with van der Waals surface area (Å²) in [7, 11) is 1.63. The van der Waals surface area contributed by atoms with Gasteiger partial charge in [0.15, 0.2) is 0 Å². The maximum Gasteiger partial charge on any atom is 0.225 e. The van der Waals surface area contributed by atoms with Crippen LogP contribution in [0.25, 0.3) is 21.9 Å². The Labute approximate surface area is 178 Å². The number of ether oxygens (including phenoxy) is 2. The van der Waals surface area contributed by atoms with Gasteiger partial charge in [0, 0.05) is 23.7 Å². The van der Waals surface area contributed by atoms with Gasteiger partial charge in [0.1, 0.15) is 23.5 Å². The summed E-state index contributed by atoms with van der Waals surface area (Å²) in [4.78, 5) is 13.0. The summed E-state index contributed by atoms with van der Waals surface area (Å²) in [6.45, 7) is 0.669. The van der Waals surface area contributed by atoms with Crippen molar-refractivity contribution < 1.29 is 9.47 Å². The van der Waals surface area contributed by atoms with Crippen molar-refractivity contribution in [3.8, 4) is 11.6 Å². The van der Waals surface area contributed by atoms with E-state index in [0.29, 0.717) is 35.3 Å². The van der Waals surface area contributed by atoms with Gasteiger partial charge in [-0.25, -0.2) is 15.0 Å². The van der Waals surface area contributed by atoms with E-state index in [1.165, 1.54) is 0 Å². The fourth-order valence-corrected chi connectivity index (χ4v) is 4.46. The largest absolute Gasteiger partial charge is 0.493 e. The Balaban J connectivity index is 1.27. The van der Waals surface area contributed by atoms with Gasteiger partial charge in [-0.15, -0.1) is 0 Å². The fourth-order valence-electron chi connectivity index (χ4n) is 4.30. The van der Waals surface area contributed by atoms with E-state index in [9.17, 15) is 0 Å². The highest BCUT2D eigenvalue weighted by Crippen LogP contribution is 2.37. The third kappa shape index (κ3) is 3.39. The van der Waals surface area contributed by atoms with Gasteiger partial charge in [-0.1, -0.05) is 11.6 Å². The summed E-state index contributed by atoms with van der Waals surface area (Å²) in [6.07, 6.45) is 6.89. The number of nitrogen functional groups attached to an aromatic ring is 1. The van der Waals surface area contributed by atoms with E-state index >= 15 is 0 Å². The quantitative estimate of drug-likeness (QED) is 0.503. The molecule has 0 amide bonds. The van der Waals surface area contributed by atoms with Crippen LogP contribution >= 0.6 is 11.6 Å². The molecule has 5 rings (SSSR count). The van der Waals surface area contributed by atoms with E-state index in [4.69, 9.17) is 26.8 Å². The highest BCUT2D eigenvalue weighted by molar-refractivity contribution is 6.33. The first-order valence-corrected chi connectivity index (χ1v) is 10.3. The zero-order valence-corrected chi connectivity index (χ0v) is 17.3. The van der Waals surface area contributed by atoms with Gasteiger partial charge in [0.2, 0.25) is 5.88 Å². The van der Waals surface area contributed by atoms with Crippen LogP contribution < -0.4 is 15.2 Å². The maximum atomic E-state index is 6.09. The average molecular weight is 424 g/mol. The molecule has 2 N–H and O–H groups in total. The molecule has 0 unspecified atom stereocenters. The molecule has 0 saturated heterocycles. The second kappa shape index (κ2) is 7.65. The molecule has 0 bridgehead atoms. The molecule has 8 heteroatoms. The highest BCUT2D eigenvalue weighted by atomic mass is 35.5. The predicted octanol–water partition coefficient (Wildman–Crippen LogP) is 4.64. The summed E-state index contributed by atoms with van der Waals surface area (Å²) in [6, 6.07) is 10.1. The standard InChI is InChI=1S/C22H22ClN5O2/c1-29-22-17-6-7-28(21(17)25-12-26-22)15-4-2-13(8-15)11-30-16-5-3-14-9-18(23)20(24)27-19(14)10-16/h3,5-7,9-10,12-13,15H,2,4,8,11H2,1H3,(H2,24,27)/t13-,15+/m1/s1. The molecule has 1 saturated carbocycles. The Morgan fingerprint density at radius 3 is 2.97 bits per heavy atom. The van der Waals surface area contributed by atoms with Crippen LogP contribution in [0, 0.1) is 5.92 Å². The van der Waals surface area contributed by atoms with Gasteiger partial charge in [-0.05, 0) is 49.4 Å². The molecule has 0 spiro atoms. The van der Waals surface area contributed by atoms with Crippen molar-refractivity contribution in [1.29, 1.82) is 0 Å². The lowest BCUT2D eigenvalue weighted by atomic mass is 10.1. The number of rotatable bonds is 5. The Kier molecular flexibility index (Phi) is 4.83. The molecule has 154 valence electrons. The van der Waals surface area contributed by atoms with Gasteiger partial charge in [0.25, 0.3) is 0 Å². The van der Waals surface area contributed by atoms with E-state index in [2.05, 4.69) is 25.7 Å². The van der Waals surface area contributed by atoms with Crippen molar-refractivity contribution in [2.24, 2.45) is 5.92 Å². The van der Waals surface area contributed by atoms with Crippen molar-refractivity contribution in [2.45, 2.75) is 25.3 Å². The second-order valence-electron chi connectivity index (χ2n) is 7.70. The first kappa shape index (κ1) is 18.9. The molecular formula is C22H22ClN5O2. The van der Waals surface area contributed by atoms with E-state index in [-0.39, 0.29) is 0 Å². The minimum absolute atomic E-state index is 0.333. The number of hydrogen-bond donors (Lipinski definition) is 1. The molecule has 4 aromatic rings. The van der Waals surface area contributed by atoms with Gasteiger partial charge in [-0.3, -0.25) is 0 Å². The third-order valence-corrected chi connectivity index (χ3v) is 6.13. The van der Waals surface area contributed by atoms with Crippen LogP contribution in [0.15, 0.2) is 42.9 Å². The van der Waals surface area contributed by atoms with Gasteiger partial charge < -0.3 is 19.8 Å².